The molecule has 0 saturated heterocycles. The first-order valence-electron chi connectivity index (χ1n) is 3.43. The molecular weight excluding hydrogens is 310 g/mol. The van der Waals surface area contributed by atoms with Gasteiger partial charge in [0, 0.05) is 0 Å². The first-order chi connectivity index (χ1) is 5.00. The van der Waals surface area contributed by atoms with Crippen LogP contribution in [0.1, 0.15) is 12.8 Å². The Balaban J connectivity index is 0.000000167. The van der Waals surface area contributed by atoms with Gasteiger partial charge in [-0.1, -0.05) is 0 Å². The van der Waals surface area contributed by atoms with E-state index in [4.69, 9.17) is 0 Å². The van der Waals surface area contributed by atoms with Gasteiger partial charge in [0.2, 0.25) is 0 Å². The summed E-state index contributed by atoms with van der Waals surface area (Å²) in [5, 5.41) is 0. The molecule has 0 aromatic carbocycles. The molecule has 0 bridgehead atoms. The van der Waals surface area contributed by atoms with E-state index >= 15 is 0 Å². The Kier molecular flexibility index (Phi) is 7.42. The molecular formula is C10H10Os. The van der Waals surface area contributed by atoms with Crippen LogP contribution in [-0.2, 0) is 19.8 Å². The van der Waals surface area contributed by atoms with Crippen LogP contribution in [-0.4, -0.2) is 0 Å². The van der Waals surface area contributed by atoms with Crippen LogP contribution < -0.4 is 0 Å². The van der Waals surface area contributed by atoms with Gasteiger partial charge < -0.3 is 0 Å². The van der Waals surface area contributed by atoms with Gasteiger partial charge in [-0.3, -0.25) is 12.2 Å². The van der Waals surface area contributed by atoms with Crippen molar-refractivity contribution in [3.63, 3.8) is 0 Å². The quantitative estimate of drug-likeness (QED) is 0.602. The third-order valence-electron chi connectivity index (χ3n) is 1.17. The smallest absolute Gasteiger partial charge is 0.273 e. The van der Waals surface area contributed by atoms with Crippen molar-refractivity contribution < 1.29 is 19.8 Å². The molecule has 0 unspecified atom stereocenters. The fourth-order valence-corrected chi connectivity index (χ4v) is 0.680. The minimum absolute atomic E-state index is 0. The first kappa shape index (κ1) is 10.6. The zero-order valence-electron chi connectivity index (χ0n) is 6.23. The molecule has 0 aliphatic heterocycles. The van der Waals surface area contributed by atoms with Crippen LogP contribution in [0.2, 0.25) is 0 Å². The second-order valence-electron chi connectivity index (χ2n) is 2.01. The molecule has 0 fully saturated rings. The standard InChI is InChI=1S/2C5H5.Os/c2*1-2-4-5-3-1;/h2*1-3H,4H2;/q2*-1;+2. The number of hydrogen-bond donors (Lipinski definition) is 0. The summed E-state index contributed by atoms with van der Waals surface area (Å²) in [6, 6.07) is 0. The topological polar surface area (TPSA) is 0 Å². The van der Waals surface area contributed by atoms with E-state index in [1.165, 1.54) is 0 Å². The Labute approximate surface area is 81.4 Å². The minimum atomic E-state index is 0. The Hall–Kier alpha value is -0.404. The molecule has 0 heterocycles. The maximum atomic E-state index is 2.99. The van der Waals surface area contributed by atoms with Crippen LogP contribution >= 0.6 is 0 Å². The van der Waals surface area contributed by atoms with Gasteiger partial charge in [0.1, 0.15) is 0 Å². The number of rotatable bonds is 0. The molecule has 0 atom stereocenters. The number of allylic oxidation sites excluding steroid dienone is 8. The molecule has 1 heteroatoms. The Bertz CT molecular complexity index is 143. The van der Waals surface area contributed by atoms with Crippen LogP contribution in [0.25, 0.3) is 0 Å². The summed E-state index contributed by atoms with van der Waals surface area (Å²) in [7, 11) is 0. The summed E-state index contributed by atoms with van der Waals surface area (Å²) in [4.78, 5) is 0. The average Bonchev–Trinajstić information content (AvgIpc) is 2.67. The van der Waals surface area contributed by atoms with Gasteiger partial charge >= 0.3 is 19.8 Å². The maximum absolute atomic E-state index is 2.99. The molecule has 0 spiro atoms. The second-order valence-corrected chi connectivity index (χ2v) is 2.01. The minimum Gasteiger partial charge on any atom is -0.273 e. The molecule has 0 amide bonds. The van der Waals surface area contributed by atoms with Gasteiger partial charge in [-0.25, -0.2) is 24.3 Å². The molecule has 11 heavy (non-hydrogen) atoms. The molecule has 2 rings (SSSR count). The molecule has 0 saturated carbocycles. The fraction of sp³-hybridized carbons (Fsp3) is 0.200. The van der Waals surface area contributed by atoms with Gasteiger partial charge in [-0.15, -0.1) is 12.8 Å². The van der Waals surface area contributed by atoms with Gasteiger partial charge in [0.15, 0.2) is 0 Å². The Morgan fingerprint density at radius 2 is 1.27 bits per heavy atom. The van der Waals surface area contributed by atoms with Gasteiger partial charge in [-0.2, -0.15) is 12.2 Å². The zero-order valence-corrected chi connectivity index (χ0v) is 8.77. The molecule has 0 nitrogen and oxygen atoms in total. The van der Waals surface area contributed by atoms with Gasteiger partial charge in [0.05, 0.1) is 0 Å². The van der Waals surface area contributed by atoms with Crippen molar-refractivity contribution in [2.45, 2.75) is 12.8 Å². The van der Waals surface area contributed by atoms with E-state index in [0.29, 0.717) is 0 Å². The van der Waals surface area contributed by atoms with Crippen molar-refractivity contribution in [2.75, 3.05) is 0 Å². The van der Waals surface area contributed by atoms with E-state index < -0.39 is 0 Å². The van der Waals surface area contributed by atoms with Crippen molar-refractivity contribution >= 4 is 0 Å². The average molecular weight is 320 g/mol. The van der Waals surface area contributed by atoms with Crippen molar-refractivity contribution in [1.82, 2.24) is 0 Å². The van der Waals surface area contributed by atoms with Crippen LogP contribution in [0.3, 0.4) is 0 Å². The van der Waals surface area contributed by atoms with Crippen LogP contribution in [0.4, 0.5) is 0 Å². The third kappa shape index (κ3) is 6.01. The van der Waals surface area contributed by atoms with E-state index in [1.54, 1.807) is 0 Å². The van der Waals surface area contributed by atoms with Crippen LogP contribution in [0, 0.1) is 12.2 Å². The van der Waals surface area contributed by atoms with E-state index in [9.17, 15) is 0 Å². The predicted molar refractivity (Wildman–Crippen MR) is 43.1 cm³/mol. The summed E-state index contributed by atoms with van der Waals surface area (Å²) in [6.45, 7) is 0. The van der Waals surface area contributed by atoms with Crippen LogP contribution in [0.5, 0.6) is 0 Å². The maximum Gasteiger partial charge on any atom is 2.00 e. The summed E-state index contributed by atoms with van der Waals surface area (Å²) >= 11 is 0. The van der Waals surface area contributed by atoms with E-state index in [2.05, 4.69) is 24.3 Å². The molecule has 2 aliphatic rings. The summed E-state index contributed by atoms with van der Waals surface area (Å²) in [5.74, 6) is 0. The summed E-state index contributed by atoms with van der Waals surface area (Å²) in [5.41, 5.74) is 0. The van der Waals surface area contributed by atoms with E-state index in [1.807, 2.05) is 24.3 Å². The monoisotopic (exact) mass is 322 g/mol. The van der Waals surface area contributed by atoms with Crippen molar-refractivity contribution in [3.8, 4) is 0 Å². The van der Waals surface area contributed by atoms with Crippen molar-refractivity contribution in [3.05, 3.63) is 48.6 Å². The third-order valence-corrected chi connectivity index (χ3v) is 1.17. The van der Waals surface area contributed by atoms with Gasteiger partial charge in [0.25, 0.3) is 0 Å². The summed E-state index contributed by atoms with van der Waals surface area (Å²) < 4.78 is 0. The molecule has 0 aromatic heterocycles. The fourth-order valence-electron chi connectivity index (χ4n) is 0.680. The van der Waals surface area contributed by atoms with Crippen molar-refractivity contribution in [2.24, 2.45) is 0 Å². The first-order valence-corrected chi connectivity index (χ1v) is 3.43. The van der Waals surface area contributed by atoms with Gasteiger partial charge in [-0.05, 0) is 0 Å². The second kappa shape index (κ2) is 7.70. The zero-order chi connectivity index (χ0) is 7.07. The summed E-state index contributed by atoms with van der Waals surface area (Å²) in [6.07, 6.45) is 20.0. The van der Waals surface area contributed by atoms with E-state index in [0.717, 1.165) is 12.8 Å². The molecule has 0 aromatic rings. The molecule has 0 radical (unpaired) electrons. The molecule has 58 valence electrons. The largest absolute Gasteiger partial charge is 2.00 e. The van der Waals surface area contributed by atoms with E-state index in [-0.39, 0.29) is 19.8 Å². The Morgan fingerprint density at radius 3 is 1.36 bits per heavy atom. The van der Waals surface area contributed by atoms with Crippen molar-refractivity contribution in [1.29, 1.82) is 0 Å². The SMILES string of the molecule is [C-]1=CC=CC1.[C-]1=CC=CC1.[Os+2]. The Morgan fingerprint density at radius 1 is 0.818 bits per heavy atom. The normalized spacial score (nSPS) is 16.0. The predicted octanol–water partition coefficient (Wildman–Crippen LogP) is 2.61. The molecule has 2 aliphatic carbocycles. The number of hydrogen-bond acceptors (Lipinski definition) is 0. The molecule has 0 N–H and O–H groups in total. The van der Waals surface area contributed by atoms with Crippen LogP contribution in [0.15, 0.2) is 36.5 Å².